The van der Waals surface area contributed by atoms with Crippen molar-refractivity contribution >= 4 is 33.0 Å². The number of carbonyl (C=O) groups is 2. The average Bonchev–Trinajstić information content (AvgIpc) is 3.06. The first-order chi connectivity index (χ1) is 13.3. The third kappa shape index (κ3) is 4.69. The van der Waals surface area contributed by atoms with Gasteiger partial charge < -0.3 is 15.0 Å². The van der Waals surface area contributed by atoms with Crippen LogP contribution < -0.4 is 15.0 Å². The SMILES string of the molecule is COc1ccc(NC(=O)c2cccc(CS(C)(=O)=O)c2)cc1N1CCCC1=O. The number of benzene rings is 2. The van der Waals surface area contributed by atoms with Crippen LogP contribution in [0.4, 0.5) is 11.4 Å². The molecule has 2 aromatic carbocycles. The van der Waals surface area contributed by atoms with Crippen LogP contribution in [0.1, 0.15) is 28.8 Å². The molecular weight excluding hydrogens is 380 g/mol. The summed E-state index contributed by atoms with van der Waals surface area (Å²) in [7, 11) is -1.66. The Kier molecular flexibility index (Phi) is 5.69. The van der Waals surface area contributed by atoms with Crippen molar-refractivity contribution in [3.8, 4) is 5.75 Å². The van der Waals surface area contributed by atoms with Gasteiger partial charge in [0.05, 0.1) is 18.6 Å². The van der Waals surface area contributed by atoms with Gasteiger partial charge in [-0.15, -0.1) is 0 Å². The molecule has 0 aliphatic carbocycles. The Bertz CT molecular complexity index is 1020. The molecule has 0 bridgehead atoms. The molecule has 2 aromatic rings. The van der Waals surface area contributed by atoms with Crippen LogP contribution in [-0.2, 0) is 20.4 Å². The summed E-state index contributed by atoms with van der Waals surface area (Å²) in [6, 6.07) is 11.6. The minimum Gasteiger partial charge on any atom is -0.495 e. The molecule has 3 rings (SSSR count). The lowest BCUT2D eigenvalue weighted by molar-refractivity contribution is -0.117. The second kappa shape index (κ2) is 8.02. The number of nitrogens with one attached hydrogen (secondary N) is 1. The van der Waals surface area contributed by atoms with Crippen LogP contribution in [-0.4, -0.2) is 40.1 Å². The minimum atomic E-state index is -3.19. The number of nitrogens with zero attached hydrogens (tertiary/aromatic N) is 1. The molecule has 0 radical (unpaired) electrons. The van der Waals surface area contributed by atoms with Crippen molar-refractivity contribution in [1.82, 2.24) is 0 Å². The summed E-state index contributed by atoms with van der Waals surface area (Å²) < 4.78 is 28.3. The Morgan fingerprint density at radius 2 is 2.00 bits per heavy atom. The van der Waals surface area contributed by atoms with Gasteiger partial charge in [-0.3, -0.25) is 9.59 Å². The normalized spacial score (nSPS) is 14.2. The average molecular weight is 402 g/mol. The van der Waals surface area contributed by atoms with E-state index < -0.39 is 9.84 Å². The molecule has 0 saturated carbocycles. The van der Waals surface area contributed by atoms with Crippen molar-refractivity contribution in [2.45, 2.75) is 18.6 Å². The zero-order chi connectivity index (χ0) is 20.3. The molecule has 2 amide bonds. The molecule has 1 heterocycles. The third-order valence-corrected chi connectivity index (χ3v) is 5.28. The van der Waals surface area contributed by atoms with Crippen molar-refractivity contribution in [2.24, 2.45) is 0 Å². The van der Waals surface area contributed by atoms with Crippen molar-refractivity contribution in [2.75, 3.05) is 30.1 Å². The molecule has 7 nitrogen and oxygen atoms in total. The Morgan fingerprint density at radius 1 is 1.21 bits per heavy atom. The van der Waals surface area contributed by atoms with Gasteiger partial charge in [0, 0.05) is 30.5 Å². The van der Waals surface area contributed by atoms with E-state index in [0.717, 1.165) is 12.7 Å². The molecular formula is C20H22N2O5S. The van der Waals surface area contributed by atoms with Crippen molar-refractivity contribution in [3.05, 3.63) is 53.6 Å². The van der Waals surface area contributed by atoms with Gasteiger partial charge in [-0.2, -0.15) is 0 Å². The lowest BCUT2D eigenvalue weighted by Crippen LogP contribution is -2.24. The zero-order valence-electron chi connectivity index (χ0n) is 15.8. The zero-order valence-corrected chi connectivity index (χ0v) is 16.6. The van der Waals surface area contributed by atoms with Crippen LogP contribution in [0.15, 0.2) is 42.5 Å². The third-order valence-electron chi connectivity index (χ3n) is 4.42. The summed E-state index contributed by atoms with van der Waals surface area (Å²) >= 11 is 0. The molecule has 1 aliphatic rings. The summed E-state index contributed by atoms with van der Waals surface area (Å²) in [6.07, 6.45) is 2.43. The predicted molar refractivity (Wildman–Crippen MR) is 108 cm³/mol. The summed E-state index contributed by atoms with van der Waals surface area (Å²) in [6.45, 7) is 0.611. The number of sulfone groups is 1. The van der Waals surface area contributed by atoms with Gasteiger partial charge in [-0.1, -0.05) is 12.1 Å². The van der Waals surface area contributed by atoms with E-state index in [1.165, 1.54) is 7.11 Å². The maximum atomic E-state index is 12.6. The number of anilines is 2. The van der Waals surface area contributed by atoms with E-state index >= 15 is 0 Å². The summed E-state index contributed by atoms with van der Waals surface area (Å²) in [5, 5.41) is 2.80. The Morgan fingerprint density at radius 3 is 2.64 bits per heavy atom. The summed E-state index contributed by atoms with van der Waals surface area (Å²) in [5.74, 6) is 0.0931. The first-order valence-corrected chi connectivity index (χ1v) is 10.9. The lowest BCUT2D eigenvalue weighted by Gasteiger charge is -2.20. The monoisotopic (exact) mass is 402 g/mol. The Labute approximate surface area is 164 Å². The number of hydrogen-bond acceptors (Lipinski definition) is 5. The molecule has 0 spiro atoms. The second-order valence-corrected chi connectivity index (χ2v) is 8.90. The number of rotatable bonds is 6. The van der Waals surface area contributed by atoms with Gasteiger partial charge in [0.1, 0.15) is 5.75 Å². The number of carbonyl (C=O) groups excluding carboxylic acids is 2. The second-order valence-electron chi connectivity index (χ2n) is 6.76. The molecule has 8 heteroatoms. The van der Waals surface area contributed by atoms with Gasteiger partial charge >= 0.3 is 0 Å². The highest BCUT2D eigenvalue weighted by atomic mass is 32.2. The lowest BCUT2D eigenvalue weighted by atomic mass is 10.1. The van der Waals surface area contributed by atoms with E-state index in [1.807, 2.05) is 0 Å². The minimum absolute atomic E-state index is 0.0234. The van der Waals surface area contributed by atoms with Crippen LogP contribution in [0, 0.1) is 0 Å². The molecule has 148 valence electrons. The standard InChI is InChI=1S/C20H22N2O5S/c1-27-18-9-8-16(12-17(18)22-10-4-7-19(22)23)21-20(24)15-6-3-5-14(11-15)13-28(2,25)26/h3,5-6,8-9,11-12H,4,7,10,13H2,1-2H3,(H,21,24). The molecule has 1 fully saturated rings. The van der Waals surface area contributed by atoms with E-state index in [0.29, 0.717) is 41.2 Å². The van der Waals surface area contributed by atoms with Gasteiger partial charge in [0.2, 0.25) is 5.91 Å². The number of hydrogen-bond donors (Lipinski definition) is 1. The highest BCUT2D eigenvalue weighted by molar-refractivity contribution is 7.89. The highest BCUT2D eigenvalue weighted by Gasteiger charge is 2.25. The van der Waals surface area contributed by atoms with Crippen LogP contribution in [0.3, 0.4) is 0 Å². The molecule has 1 saturated heterocycles. The molecule has 1 N–H and O–H groups in total. The maximum absolute atomic E-state index is 12.6. The van der Waals surface area contributed by atoms with E-state index in [2.05, 4.69) is 5.32 Å². The number of amides is 2. The molecule has 0 unspecified atom stereocenters. The van der Waals surface area contributed by atoms with E-state index in [9.17, 15) is 18.0 Å². The van der Waals surface area contributed by atoms with E-state index in [4.69, 9.17) is 4.74 Å². The summed E-state index contributed by atoms with van der Waals surface area (Å²) in [4.78, 5) is 26.3. The van der Waals surface area contributed by atoms with E-state index in [-0.39, 0.29) is 17.6 Å². The molecule has 0 aromatic heterocycles. The fourth-order valence-corrected chi connectivity index (χ4v) is 3.97. The molecule has 28 heavy (non-hydrogen) atoms. The van der Waals surface area contributed by atoms with Crippen LogP contribution in [0.25, 0.3) is 0 Å². The first-order valence-electron chi connectivity index (χ1n) is 8.83. The fourth-order valence-electron chi connectivity index (χ4n) is 3.19. The van der Waals surface area contributed by atoms with Gasteiger partial charge in [-0.05, 0) is 42.3 Å². The van der Waals surface area contributed by atoms with Crippen molar-refractivity contribution in [3.63, 3.8) is 0 Å². The predicted octanol–water partition coefficient (Wildman–Crippen LogP) is 2.62. The molecule has 0 atom stereocenters. The van der Waals surface area contributed by atoms with Crippen LogP contribution in [0.2, 0.25) is 0 Å². The molecule has 1 aliphatic heterocycles. The smallest absolute Gasteiger partial charge is 0.255 e. The Balaban J connectivity index is 1.83. The fraction of sp³-hybridized carbons (Fsp3) is 0.300. The van der Waals surface area contributed by atoms with Crippen LogP contribution in [0.5, 0.6) is 5.75 Å². The number of ether oxygens (including phenoxy) is 1. The topological polar surface area (TPSA) is 92.8 Å². The summed E-state index contributed by atoms with van der Waals surface area (Å²) in [5.41, 5.74) is 2.05. The largest absolute Gasteiger partial charge is 0.495 e. The van der Waals surface area contributed by atoms with Gasteiger partial charge in [-0.25, -0.2) is 8.42 Å². The van der Waals surface area contributed by atoms with E-state index in [1.54, 1.807) is 47.4 Å². The Hall–Kier alpha value is -2.87. The quantitative estimate of drug-likeness (QED) is 0.802. The van der Waals surface area contributed by atoms with Crippen molar-refractivity contribution < 1.29 is 22.7 Å². The van der Waals surface area contributed by atoms with Crippen molar-refractivity contribution in [1.29, 1.82) is 0 Å². The van der Waals surface area contributed by atoms with Gasteiger partial charge in [0.25, 0.3) is 5.91 Å². The highest BCUT2D eigenvalue weighted by Crippen LogP contribution is 2.34. The van der Waals surface area contributed by atoms with Gasteiger partial charge in [0.15, 0.2) is 9.84 Å². The number of methoxy groups -OCH3 is 1. The first kappa shape index (κ1) is 19.9. The van der Waals surface area contributed by atoms with Crippen LogP contribution >= 0.6 is 0 Å². The maximum Gasteiger partial charge on any atom is 0.255 e.